The summed E-state index contributed by atoms with van der Waals surface area (Å²) in [5.41, 5.74) is 0.621. The number of amides is 1. The van der Waals surface area contributed by atoms with Crippen molar-refractivity contribution in [3.63, 3.8) is 0 Å². The quantitative estimate of drug-likeness (QED) is 0.540. The second kappa shape index (κ2) is 11.6. The zero-order valence-corrected chi connectivity index (χ0v) is 18.4. The van der Waals surface area contributed by atoms with Gasteiger partial charge < -0.3 is 20.3 Å². The van der Waals surface area contributed by atoms with Gasteiger partial charge in [-0.25, -0.2) is 4.79 Å². The molecular formula is C22H37N5O2. The Morgan fingerprint density at radius 1 is 1.34 bits per heavy atom. The second-order valence-electron chi connectivity index (χ2n) is 8.48. The lowest BCUT2D eigenvalue weighted by molar-refractivity contribution is 0.0163. The molecule has 1 aliphatic rings. The molecule has 1 fully saturated rings. The molecule has 2 heterocycles. The topological polar surface area (TPSA) is 78.9 Å². The Labute approximate surface area is 175 Å². The fraction of sp³-hybridized carbons (Fsp3) is 0.682. The van der Waals surface area contributed by atoms with E-state index in [0.717, 1.165) is 70.1 Å². The second-order valence-corrected chi connectivity index (χ2v) is 8.48. The number of carbonyl (C=O) groups is 1. The highest BCUT2D eigenvalue weighted by Gasteiger charge is 2.27. The van der Waals surface area contributed by atoms with Crippen LogP contribution in [0.25, 0.3) is 0 Å². The molecule has 2 rings (SSSR count). The largest absolute Gasteiger partial charge is 0.444 e. The normalized spacial score (nSPS) is 17.7. The summed E-state index contributed by atoms with van der Waals surface area (Å²) < 4.78 is 5.52. The van der Waals surface area contributed by atoms with Crippen LogP contribution in [0.4, 0.5) is 4.79 Å². The SMILES string of the molecule is CCNC(=NCCC1CCCN(C(=O)OC(C)(C)C)C1)NCCc1ccccn1. The Morgan fingerprint density at radius 2 is 2.17 bits per heavy atom. The third kappa shape index (κ3) is 9.15. The molecule has 29 heavy (non-hydrogen) atoms. The minimum absolute atomic E-state index is 0.199. The first kappa shape index (κ1) is 23.0. The van der Waals surface area contributed by atoms with Crippen LogP contribution in [0.1, 0.15) is 52.7 Å². The minimum atomic E-state index is -0.448. The number of guanidine groups is 1. The Morgan fingerprint density at radius 3 is 2.86 bits per heavy atom. The average molecular weight is 404 g/mol. The maximum Gasteiger partial charge on any atom is 0.410 e. The summed E-state index contributed by atoms with van der Waals surface area (Å²) in [5, 5.41) is 6.67. The Kier molecular flexibility index (Phi) is 9.22. The molecule has 0 radical (unpaired) electrons. The number of aliphatic imine (C=N–C) groups is 1. The van der Waals surface area contributed by atoms with E-state index in [1.807, 2.05) is 50.1 Å². The standard InChI is InChI=1S/C22H37N5O2/c1-5-23-20(26-15-12-19-10-6-7-13-24-19)25-14-11-18-9-8-16-27(17-18)21(28)29-22(2,3)4/h6-7,10,13,18H,5,8-9,11-12,14-17H2,1-4H3,(H2,23,25,26). The van der Waals surface area contributed by atoms with Gasteiger partial charge in [0.1, 0.15) is 5.60 Å². The first-order chi connectivity index (χ1) is 13.9. The molecule has 0 aliphatic carbocycles. The fourth-order valence-electron chi connectivity index (χ4n) is 3.35. The van der Waals surface area contributed by atoms with Gasteiger partial charge in [0, 0.05) is 51.0 Å². The zero-order chi connectivity index (χ0) is 21.1. The van der Waals surface area contributed by atoms with Crippen molar-refractivity contribution in [2.45, 2.75) is 59.0 Å². The van der Waals surface area contributed by atoms with Crippen molar-refractivity contribution < 1.29 is 9.53 Å². The van der Waals surface area contributed by atoms with E-state index in [0.29, 0.717) is 5.92 Å². The van der Waals surface area contributed by atoms with Gasteiger partial charge in [0.05, 0.1) is 0 Å². The number of ether oxygens (including phenoxy) is 1. The van der Waals surface area contributed by atoms with Crippen LogP contribution >= 0.6 is 0 Å². The predicted molar refractivity (Wildman–Crippen MR) is 117 cm³/mol. The summed E-state index contributed by atoms with van der Waals surface area (Å²) >= 11 is 0. The average Bonchev–Trinajstić information content (AvgIpc) is 2.68. The van der Waals surface area contributed by atoms with Crippen LogP contribution in [0.3, 0.4) is 0 Å². The highest BCUT2D eigenvalue weighted by atomic mass is 16.6. The molecule has 7 heteroatoms. The summed E-state index contributed by atoms with van der Waals surface area (Å²) in [5.74, 6) is 1.31. The molecule has 1 amide bonds. The maximum atomic E-state index is 12.3. The van der Waals surface area contributed by atoms with E-state index in [-0.39, 0.29) is 6.09 Å². The summed E-state index contributed by atoms with van der Waals surface area (Å²) in [4.78, 5) is 23.2. The molecule has 0 saturated carbocycles. The highest BCUT2D eigenvalue weighted by Crippen LogP contribution is 2.21. The molecule has 1 aromatic heterocycles. The zero-order valence-electron chi connectivity index (χ0n) is 18.4. The Bertz CT molecular complexity index is 642. The molecule has 0 spiro atoms. The van der Waals surface area contributed by atoms with Crippen LogP contribution in [-0.4, -0.2) is 60.3 Å². The molecule has 162 valence electrons. The lowest BCUT2D eigenvalue weighted by Gasteiger charge is -2.34. The number of hydrogen-bond donors (Lipinski definition) is 2. The number of pyridine rings is 1. The van der Waals surface area contributed by atoms with E-state index in [1.165, 1.54) is 0 Å². The van der Waals surface area contributed by atoms with Crippen molar-refractivity contribution in [2.24, 2.45) is 10.9 Å². The summed E-state index contributed by atoms with van der Waals surface area (Å²) in [7, 11) is 0. The predicted octanol–water partition coefficient (Wildman–Crippen LogP) is 3.22. The van der Waals surface area contributed by atoms with Gasteiger partial charge in [-0.1, -0.05) is 6.07 Å². The third-order valence-electron chi connectivity index (χ3n) is 4.72. The number of nitrogens with zero attached hydrogens (tertiary/aromatic N) is 3. The van der Waals surface area contributed by atoms with Crippen molar-refractivity contribution in [3.8, 4) is 0 Å². The number of hydrogen-bond acceptors (Lipinski definition) is 4. The molecule has 1 unspecified atom stereocenters. The van der Waals surface area contributed by atoms with Gasteiger partial charge in [0.15, 0.2) is 5.96 Å². The Hall–Kier alpha value is -2.31. The van der Waals surface area contributed by atoms with Crippen LogP contribution in [0.15, 0.2) is 29.4 Å². The number of aromatic nitrogens is 1. The van der Waals surface area contributed by atoms with Gasteiger partial charge in [-0.05, 0) is 65.0 Å². The van der Waals surface area contributed by atoms with Gasteiger partial charge in [-0.15, -0.1) is 0 Å². The number of likely N-dealkylation sites (tertiary alicyclic amines) is 1. The van der Waals surface area contributed by atoms with Gasteiger partial charge in [-0.3, -0.25) is 9.98 Å². The third-order valence-corrected chi connectivity index (χ3v) is 4.72. The van der Waals surface area contributed by atoms with Crippen molar-refractivity contribution in [1.82, 2.24) is 20.5 Å². The molecule has 1 atom stereocenters. The van der Waals surface area contributed by atoms with Crippen LogP contribution < -0.4 is 10.6 Å². The molecule has 2 N–H and O–H groups in total. The molecule has 0 aromatic carbocycles. The van der Waals surface area contributed by atoms with Crippen LogP contribution in [0, 0.1) is 5.92 Å². The van der Waals surface area contributed by atoms with Crippen molar-refractivity contribution in [2.75, 3.05) is 32.7 Å². The van der Waals surface area contributed by atoms with Gasteiger partial charge in [0.2, 0.25) is 0 Å². The first-order valence-electron chi connectivity index (χ1n) is 10.8. The van der Waals surface area contributed by atoms with E-state index in [1.54, 1.807) is 0 Å². The molecule has 7 nitrogen and oxygen atoms in total. The first-order valence-corrected chi connectivity index (χ1v) is 10.8. The van der Waals surface area contributed by atoms with Crippen molar-refractivity contribution in [1.29, 1.82) is 0 Å². The monoisotopic (exact) mass is 403 g/mol. The Balaban J connectivity index is 1.76. The summed E-state index contributed by atoms with van der Waals surface area (Å²) in [6, 6.07) is 5.97. The molecule has 1 aliphatic heterocycles. The molecule has 0 bridgehead atoms. The smallest absolute Gasteiger partial charge is 0.410 e. The molecule has 1 saturated heterocycles. The minimum Gasteiger partial charge on any atom is -0.444 e. The van der Waals surface area contributed by atoms with E-state index in [4.69, 9.17) is 9.73 Å². The van der Waals surface area contributed by atoms with Crippen molar-refractivity contribution in [3.05, 3.63) is 30.1 Å². The number of carbonyl (C=O) groups excluding carboxylic acids is 1. The maximum absolute atomic E-state index is 12.3. The summed E-state index contributed by atoms with van der Waals surface area (Å²) in [6.07, 6.45) is 5.61. The van der Waals surface area contributed by atoms with Crippen LogP contribution in [-0.2, 0) is 11.2 Å². The van der Waals surface area contributed by atoms with E-state index in [2.05, 4.69) is 22.5 Å². The summed E-state index contributed by atoms with van der Waals surface area (Å²) in [6.45, 7) is 11.7. The highest BCUT2D eigenvalue weighted by molar-refractivity contribution is 5.79. The van der Waals surface area contributed by atoms with Gasteiger partial charge in [-0.2, -0.15) is 0 Å². The van der Waals surface area contributed by atoms with Crippen LogP contribution in [0.5, 0.6) is 0 Å². The number of rotatable bonds is 7. The molecular weight excluding hydrogens is 366 g/mol. The van der Waals surface area contributed by atoms with Crippen molar-refractivity contribution >= 4 is 12.1 Å². The van der Waals surface area contributed by atoms with Gasteiger partial charge in [0.25, 0.3) is 0 Å². The van der Waals surface area contributed by atoms with E-state index < -0.39 is 5.60 Å². The van der Waals surface area contributed by atoms with Crippen LogP contribution in [0.2, 0.25) is 0 Å². The lowest BCUT2D eigenvalue weighted by Crippen LogP contribution is -2.43. The fourth-order valence-corrected chi connectivity index (χ4v) is 3.35. The lowest BCUT2D eigenvalue weighted by atomic mass is 9.95. The van der Waals surface area contributed by atoms with Gasteiger partial charge >= 0.3 is 6.09 Å². The number of nitrogens with one attached hydrogen (secondary N) is 2. The molecule has 1 aromatic rings. The van der Waals surface area contributed by atoms with E-state index >= 15 is 0 Å². The van der Waals surface area contributed by atoms with E-state index in [9.17, 15) is 4.79 Å². The number of piperidine rings is 1.